The highest BCUT2D eigenvalue weighted by Gasteiger charge is 2.38. The lowest BCUT2D eigenvalue weighted by Crippen LogP contribution is -2.57. The number of pyridine rings is 1. The summed E-state index contributed by atoms with van der Waals surface area (Å²) in [6.45, 7) is 10.2. The summed E-state index contributed by atoms with van der Waals surface area (Å²) in [5.74, 6) is 1.50. The van der Waals surface area contributed by atoms with Gasteiger partial charge in [0, 0.05) is 25.2 Å². The molecule has 4 heteroatoms. The van der Waals surface area contributed by atoms with Crippen molar-refractivity contribution in [1.29, 1.82) is 0 Å². The van der Waals surface area contributed by atoms with Gasteiger partial charge >= 0.3 is 0 Å². The Bertz CT molecular complexity index is 398. The maximum absolute atomic E-state index is 6.07. The average Bonchev–Trinajstić information content (AvgIpc) is 2.25. The van der Waals surface area contributed by atoms with E-state index in [0.29, 0.717) is 5.88 Å². The normalized spacial score (nSPS) is 21.9. The van der Waals surface area contributed by atoms with Crippen molar-refractivity contribution >= 4 is 17.4 Å². The summed E-state index contributed by atoms with van der Waals surface area (Å²) in [5, 5.41) is 0. The van der Waals surface area contributed by atoms with Crippen LogP contribution in [0.1, 0.15) is 33.3 Å². The summed E-state index contributed by atoms with van der Waals surface area (Å²) in [4.78, 5) is 6.77. The van der Waals surface area contributed by atoms with Crippen LogP contribution in [0.15, 0.2) is 18.3 Å². The fourth-order valence-electron chi connectivity index (χ4n) is 2.63. The molecule has 2 heterocycles. The van der Waals surface area contributed by atoms with Crippen LogP contribution in [0.2, 0.25) is 0 Å². The average molecular weight is 269 g/mol. The molecule has 0 amide bonds. The van der Waals surface area contributed by atoms with Crippen molar-refractivity contribution in [3.63, 3.8) is 0 Å². The second-order valence-electron chi connectivity index (χ2n) is 6.14. The van der Waals surface area contributed by atoms with Gasteiger partial charge in [-0.15, -0.1) is 11.6 Å². The van der Waals surface area contributed by atoms with Gasteiger partial charge in [0.15, 0.2) is 0 Å². The molecule has 0 saturated carbocycles. The number of alkyl halides is 1. The van der Waals surface area contributed by atoms with Gasteiger partial charge in [-0.25, -0.2) is 4.98 Å². The molecule has 2 rings (SSSR count). The molecule has 1 aliphatic heterocycles. The molecule has 3 nitrogen and oxygen atoms in total. The van der Waals surface area contributed by atoms with Crippen molar-refractivity contribution in [3.8, 4) is 0 Å². The van der Waals surface area contributed by atoms with E-state index in [2.05, 4.69) is 37.6 Å². The van der Waals surface area contributed by atoms with Gasteiger partial charge in [0.2, 0.25) is 0 Å². The fraction of sp³-hybridized carbons (Fsp3) is 0.643. The van der Waals surface area contributed by atoms with Gasteiger partial charge in [0.25, 0.3) is 0 Å². The summed E-state index contributed by atoms with van der Waals surface area (Å²) in [7, 11) is 0. The number of hydrogen-bond acceptors (Lipinski definition) is 3. The van der Waals surface area contributed by atoms with Crippen molar-refractivity contribution in [2.24, 2.45) is 0 Å². The van der Waals surface area contributed by atoms with E-state index in [1.807, 2.05) is 18.3 Å². The molecule has 100 valence electrons. The van der Waals surface area contributed by atoms with Crippen LogP contribution in [0.4, 0.5) is 5.82 Å². The lowest BCUT2D eigenvalue weighted by molar-refractivity contribution is -0.133. The molecular weight excluding hydrogens is 248 g/mol. The molecule has 0 aromatic carbocycles. The third-order valence-electron chi connectivity index (χ3n) is 2.98. The maximum Gasteiger partial charge on any atom is 0.128 e. The molecule has 1 aliphatic rings. The molecule has 0 bridgehead atoms. The highest BCUT2D eigenvalue weighted by atomic mass is 35.5. The predicted molar refractivity (Wildman–Crippen MR) is 75.3 cm³/mol. The highest BCUT2D eigenvalue weighted by Crippen LogP contribution is 2.30. The van der Waals surface area contributed by atoms with E-state index in [-0.39, 0.29) is 11.2 Å². The Hall–Kier alpha value is -0.800. The van der Waals surface area contributed by atoms with Crippen LogP contribution in [0, 0.1) is 0 Å². The third kappa shape index (κ3) is 3.15. The predicted octanol–water partition coefficient (Wildman–Crippen LogP) is 3.21. The number of ether oxygens (including phenoxy) is 1. The topological polar surface area (TPSA) is 25.4 Å². The van der Waals surface area contributed by atoms with Gasteiger partial charge in [0.1, 0.15) is 5.82 Å². The van der Waals surface area contributed by atoms with E-state index in [1.54, 1.807) is 0 Å². The summed E-state index contributed by atoms with van der Waals surface area (Å²) in [6.07, 6.45) is 1.85. The van der Waals surface area contributed by atoms with Crippen molar-refractivity contribution in [3.05, 3.63) is 23.9 Å². The Morgan fingerprint density at radius 1 is 1.22 bits per heavy atom. The van der Waals surface area contributed by atoms with E-state index in [1.165, 1.54) is 0 Å². The Morgan fingerprint density at radius 3 is 2.28 bits per heavy atom. The van der Waals surface area contributed by atoms with Crippen molar-refractivity contribution in [1.82, 2.24) is 4.98 Å². The number of aromatic nitrogens is 1. The van der Waals surface area contributed by atoms with E-state index in [9.17, 15) is 0 Å². The number of rotatable bonds is 2. The van der Waals surface area contributed by atoms with Crippen molar-refractivity contribution < 1.29 is 4.74 Å². The monoisotopic (exact) mass is 268 g/mol. The first kappa shape index (κ1) is 13.6. The lowest BCUT2D eigenvalue weighted by Gasteiger charge is -2.47. The largest absolute Gasteiger partial charge is 0.366 e. The van der Waals surface area contributed by atoms with Crippen LogP contribution >= 0.6 is 11.6 Å². The van der Waals surface area contributed by atoms with E-state index < -0.39 is 0 Å². The summed E-state index contributed by atoms with van der Waals surface area (Å²) in [5.41, 5.74) is 0.732. The Balaban J connectivity index is 2.21. The zero-order chi connectivity index (χ0) is 13.4. The Morgan fingerprint density at radius 2 is 1.83 bits per heavy atom. The fourth-order valence-corrected chi connectivity index (χ4v) is 2.79. The smallest absolute Gasteiger partial charge is 0.128 e. The maximum atomic E-state index is 6.07. The summed E-state index contributed by atoms with van der Waals surface area (Å²) < 4.78 is 6.07. The minimum absolute atomic E-state index is 0.158. The van der Waals surface area contributed by atoms with Crippen molar-refractivity contribution in [2.75, 3.05) is 18.0 Å². The molecular formula is C14H21ClN2O. The van der Waals surface area contributed by atoms with Gasteiger partial charge < -0.3 is 9.64 Å². The highest BCUT2D eigenvalue weighted by molar-refractivity contribution is 6.17. The lowest BCUT2D eigenvalue weighted by atomic mass is 9.99. The number of hydrogen-bond donors (Lipinski definition) is 0. The number of halogens is 1. The zero-order valence-corrected chi connectivity index (χ0v) is 12.3. The van der Waals surface area contributed by atoms with E-state index >= 15 is 0 Å². The molecule has 0 radical (unpaired) electrons. The zero-order valence-electron chi connectivity index (χ0n) is 11.5. The Kier molecular flexibility index (Phi) is 3.56. The number of morpholine rings is 1. The molecule has 1 aromatic rings. The first-order valence-electron chi connectivity index (χ1n) is 6.27. The standard InChI is InChI=1S/C14H21ClN2O/c1-13(2)9-17(10-14(3,4)18-13)12-6-5-11(7-15)8-16-12/h5-6,8H,7,9-10H2,1-4H3. The molecule has 0 atom stereocenters. The molecule has 0 spiro atoms. The third-order valence-corrected chi connectivity index (χ3v) is 3.29. The van der Waals surface area contributed by atoms with Gasteiger partial charge in [0.05, 0.1) is 11.2 Å². The molecule has 1 saturated heterocycles. The summed E-state index contributed by atoms with van der Waals surface area (Å²) >= 11 is 5.78. The van der Waals surface area contributed by atoms with Gasteiger partial charge in [-0.3, -0.25) is 0 Å². The van der Waals surface area contributed by atoms with E-state index in [0.717, 1.165) is 24.5 Å². The van der Waals surface area contributed by atoms with E-state index in [4.69, 9.17) is 16.3 Å². The SMILES string of the molecule is CC1(C)CN(c2ccc(CCl)cn2)CC(C)(C)O1. The molecule has 0 N–H and O–H groups in total. The van der Waals surface area contributed by atoms with Crippen LogP contribution < -0.4 is 4.90 Å². The van der Waals surface area contributed by atoms with Crippen LogP contribution in [0.5, 0.6) is 0 Å². The molecule has 1 aromatic heterocycles. The first-order valence-corrected chi connectivity index (χ1v) is 6.81. The first-order chi connectivity index (χ1) is 8.31. The van der Waals surface area contributed by atoms with Gasteiger partial charge in [-0.1, -0.05) is 6.07 Å². The van der Waals surface area contributed by atoms with Gasteiger partial charge in [-0.05, 0) is 39.3 Å². The minimum Gasteiger partial charge on any atom is -0.366 e. The Labute approximate surface area is 114 Å². The molecule has 1 fully saturated rings. The van der Waals surface area contributed by atoms with Crippen LogP contribution in [-0.2, 0) is 10.6 Å². The minimum atomic E-state index is -0.158. The van der Waals surface area contributed by atoms with Crippen LogP contribution in [0.25, 0.3) is 0 Å². The van der Waals surface area contributed by atoms with Crippen LogP contribution in [-0.4, -0.2) is 29.3 Å². The van der Waals surface area contributed by atoms with Crippen LogP contribution in [0.3, 0.4) is 0 Å². The molecule has 0 aliphatic carbocycles. The molecule has 0 unspecified atom stereocenters. The number of nitrogens with zero attached hydrogens (tertiary/aromatic N) is 2. The quantitative estimate of drug-likeness (QED) is 0.770. The van der Waals surface area contributed by atoms with Crippen molar-refractivity contribution in [2.45, 2.75) is 44.8 Å². The van der Waals surface area contributed by atoms with Gasteiger partial charge in [-0.2, -0.15) is 0 Å². The number of anilines is 1. The summed E-state index contributed by atoms with van der Waals surface area (Å²) in [6, 6.07) is 4.07. The second-order valence-corrected chi connectivity index (χ2v) is 6.40. The molecule has 18 heavy (non-hydrogen) atoms. The second kappa shape index (κ2) is 4.71.